The van der Waals surface area contributed by atoms with Crippen molar-refractivity contribution >= 4 is 27.0 Å². The van der Waals surface area contributed by atoms with Crippen LogP contribution in [-0.2, 0) is 36.8 Å². The zero-order valence-electron chi connectivity index (χ0n) is 33.3. The van der Waals surface area contributed by atoms with E-state index in [2.05, 4.69) is 10.6 Å². The van der Waals surface area contributed by atoms with E-state index in [9.17, 15) is 18.7 Å². The van der Waals surface area contributed by atoms with E-state index in [4.69, 9.17) is 29.6 Å². The highest BCUT2D eigenvalue weighted by Gasteiger charge is 2.42. The molecule has 14 heteroatoms. The quantitative estimate of drug-likeness (QED) is 0.0955. The van der Waals surface area contributed by atoms with E-state index in [-0.39, 0.29) is 48.1 Å². The number of benzene rings is 2. The van der Waals surface area contributed by atoms with E-state index in [1.807, 2.05) is 64.1 Å². The van der Waals surface area contributed by atoms with E-state index in [0.29, 0.717) is 11.1 Å². The highest BCUT2D eigenvalue weighted by Crippen LogP contribution is 2.62. The molecule has 0 bridgehead atoms. The predicted molar refractivity (Wildman–Crippen MR) is 210 cm³/mol. The number of carbonyl (C=O) groups excluding carboxylic acids is 2. The molecule has 0 fully saturated rings. The molecule has 0 heterocycles. The molecule has 0 aliphatic rings. The molecule has 0 aliphatic heterocycles. The Balaban J connectivity index is 0.000000520. The lowest BCUT2D eigenvalue weighted by Gasteiger charge is -2.31. The number of carbonyl (C=O) groups is 2. The first-order valence-electron chi connectivity index (χ1n) is 18.4. The Bertz CT molecular complexity index is 1290. The van der Waals surface area contributed by atoms with Crippen LogP contribution in [0.1, 0.15) is 119 Å². The summed E-state index contributed by atoms with van der Waals surface area (Å²) in [6, 6.07) is 16.7. The molecule has 0 unspecified atom stereocenters. The summed E-state index contributed by atoms with van der Waals surface area (Å²) in [6.45, 7) is 22.0. The van der Waals surface area contributed by atoms with Crippen molar-refractivity contribution in [2.75, 3.05) is 0 Å². The van der Waals surface area contributed by atoms with Gasteiger partial charge in [0.15, 0.2) is 11.6 Å². The number of rotatable bonds is 20. The summed E-state index contributed by atoms with van der Waals surface area (Å²) >= 11 is 0. The molecular formula is C38H66N4O8P2. The van der Waals surface area contributed by atoms with Crippen molar-refractivity contribution in [2.45, 2.75) is 144 Å². The van der Waals surface area contributed by atoms with E-state index >= 15 is 0 Å². The number of nitrogens with two attached hydrogens (primary N) is 2. The van der Waals surface area contributed by atoms with Crippen LogP contribution in [0, 0.1) is 11.8 Å². The van der Waals surface area contributed by atoms with Gasteiger partial charge >= 0.3 is 15.2 Å². The smallest absolute Gasteiger partial charge is 0.337 e. The molecule has 6 N–H and O–H groups in total. The minimum atomic E-state index is -3.68. The molecule has 6 atom stereocenters. The van der Waals surface area contributed by atoms with Crippen LogP contribution in [0.15, 0.2) is 60.7 Å². The molecule has 0 aliphatic carbocycles. The molecule has 2 rings (SSSR count). The Labute approximate surface area is 312 Å². The van der Waals surface area contributed by atoms with Gasteiger partial charge in [-0.15, -0.1) is 0 Å². The van der Waals surface area contributed by atoms with Crippen molar-refractivity contribution < 1.29 is 36.8 Å². The maximum atomic E-state index is 13.6. The summed E-state index contributed by atoms with van der Waals surface area (Å²) in [5.41, 5.74) is 13.4. The standard InChI is InChI=1S/2C19H33N2O4P/c2*1-7-15(6)17(20)18(22)21-19(16-11-9-8-10-12-16)26(23,24-13(2)3)25-14(4)5/h2*8-15,17,19H,7,20H2,1-6H3,(H,21,22)/t15-,17-,19+;15-,17-,19-/m00/s1. The molecule has 0 spiro atoms. The molecule has 2 aromatic rings. The molecule has 296 valence electrons. The molecule has 12 nitrogen and oxygen atoms in total. The summed E-state index contributed by atoms with van der Waals surface area (Å²) in [6.07, 6.45) is 0.231. The summed E-state index contributed by atoms with van der Waals surface area (Å²) in [7, 11) is -7.37. The molecule has 0 saturated carbocycles. The van der Waals surface area contributed by atoms with Gasteiger partial charge in [-0.05, 0) is 78.4 Å². The van der Waals surface area contributed by atoms with Gasteiger partial charge in [-0.3, -0.25) is 18.7 Å². The van der Waals surface area contributed by atoms with Crippen molar-refractivity contribution in [2.24, 2.45) is 23.3 Å². The fourth-order valence-electron chi connectivity index (χ4n) is 4.92. The van der Waals surface area contributed by atoms with E-state index in [1.165, 1.54) is 0 Å². The van der Waals surface area contributed by atoms with Crippen LogP contribution in [0.2, 0.25) is 0 Å². The Hall–Kier alpha value is -2.40. The van der Waals surface area contributed by atoms with Gasteiger partial charge in [-0.1, -0.05) is 101 Å². The topological polar surface area (TPSA) is 181 Å². The van der Waals surface area contributed by atoms with Crippen molar-refractivity contribution in [3.05, 3.63) is 71.8 Å². The monoisotopic (exact) mass is 768 g/mol. The maximum Gasteiger partial charge on any atom is 0.357 e. The lowest BCUT2D eigenvalue weighted by molar-refractivity contribution is -0.124. The summed E-state index contributed by atoms with van der Waals surface area (Å²) < 4.78 is 50.1. The fourth-order valence-corrected chi connectivity index (χ4v) is 9.50. The highest BCUT2D eigenvalue weighted by atomic mass is 31.2. The first kappa shape index (κ1) is 47.6. The number of nitrogens with one attached hydrogen (secondary N) is 2. The van der Waals surface area contributed by atoms with Crippen LogP contribution in [-0.4, -0.2) is 48.3 Å². The highest BCUT2D eigenvalue weighted by molar-refractivity contribution is 7.54. The first-order valence-corrected chi connectivity index (χ1v) is 21.6. The molecular weight excluding hydrogens is 702 g/mol. The molecule has 0 radical (unpaired) electrons. The summed E-state index contributed by atoms with van der Waals surface area (Å²) in [5.74, 6) is -2.57. The predicted octanol–water partition coefficient (Wildman–Crippen LogP) is 8.44. The Morgan fingerprint density at radius 1 is 0.538 bits per heavy atom. The SMILES string of the molecule is CC[C@H](C)[C@H](N)C(=O)N[C@@H](c1ccccc1)P(=O)(OC(C)C)OC(C)C.CC[C@H](C)[C@H](N)C(=O)N[C@H](c1ccccc1)P(=O)(OC(C)C)OC(C)C. The average molecular weight is 769 g/mol. The zero-order chi connectivity index (χ0) is 39.8. The molecule has 52 heavy (non-hydrogen) atoms. The molecule has 0 saturated heterocycles. The average Bonchev–Trinajstić information content (AvgIpc) is 3.07. The minimum Gasteiger partial charge on any atom is -0.337 e. The van der Waals surface area contributed by atoms with Gasteiger partial charge in [0.25, 0.3) is 0 Å². The third-order valence-electron chi connectivity index (χ3n) is 7.97. The van der Waals surface area contributed by atoms with Gasteiger partial charge in [0.2, 0.25) is 11.8 Å². The van der Waals surface area contributed by atoms with Crippen molar-refractivity contribution in [1.82, 2.24) is 10.6 Å². The lowest BCUT2D eigenvalue weighted by Crippen LogP contribution is -2.46. The van der Waals surface area contributed by atoms with Gasteiger partial charge < -0.3 is 40.2 Å². The van der Waals surface area contributed by atoms with Crippen molar-refractivity contribution in [3.8, 4) is 0 Å². The number of hydrogen-bond donors (Lipinski definition) is 4. The minimum absolute atomic E-state index is 0.00263. The molecule has 0 aromatic heterocycles. The third-order valence-corrected chi connectivity index (χ3v) is 13.0. The van der Waals surface area contributed by atoms with Crippen LogP contribution in [0.3, 0.4) is 0 Å². The van der Waals surface area contributed by atoms with Crippen LogP contribution < -0.4 is 22.1 Å². The number of amides is 2. The van der Waals surface area contributed by atoms with Gasteiger partial charge in [-0.2, -0.15) is 0 Å². The maximum absolute atomic E-state index is 13.6. The van der Waals surface area contributed by atoms with Gasteiger partial charge in [0.1, 0.15) is 0 Å². The Morgan fingerprint density at radius 2 is 0.788 bits per heavy atom. The van der Waals surface area contributed by atoms with Crippen LogP contribution in [0.4, 0.5) is 0 Å². The zero-order valence-corrected chi connectivity index (χ0v) is 35.1. The van der Waals surface area contributed by atoms with E-state index < -0.39 is 38.8 Å². The van der Waals surface area contributed by atoms with Gasteiger partial charge in [0.05, 0.1) is 36.5 Å². The van der Waals surface area contributed by atoms with Gasteiger partial charge in [0, 0.05) is 0 Å². The van der Waals surface area contributed by atoms with Crippen LogP contribution in [0.5, 0.6) is 0 Å². The van der Waals surface area contributed by atoms with Crippen LogP contribution >= 0.6 is 15.2 Å². The number of hydrogen-bond acceptors (Lipinski definition) is 10. The normalized spacial score (nSPS) is 15.7. The van der Waals surface area contributed by atoms with Gasteiger partial charge in [-0.25, -0.2) is 0 Å². The Morgan fingerprint density at radius 3 is 1.00 bits per heavy atom. The van der Waals surface area contributed by atoms with Crippen molar-refractivity contribution in [3.63, 3.8) is 0 Å². The van der Waals surface area contributed by atoms with Crippen LogP contribution in [0.25, 0.3) is 0 Å². The fraction of sp³-hybridized carbons (Fsp3) is 0.632. The molecule has 2 amide bonds. The van der Waals surface area contributed by atoms with E-state index in [0.717, 1.165) is 12.8 Å². The summed E-state index contributed by atoms with van der Waals surface area (Å²) in [5, 5.41) is 5.65. The Kier molecular flexibility index (Phi) is 20.8. The van der Waals surface area contributed by atoms with Crippen molar-refractivity contribution in [1.29, 1.82) is 0 Å². The largest absolute Gasteiger partial charge is 0.357 e. The lowest BCUT2D eigenvalue weighted by atomic mass is 9.99. The molecule has 2 aromatic carbocycles. The summed E-state index contributed by atoms with van der Waals surface area (Å²) in [4.78, 5) is 25.4. The first-order chi connectivity index (χ1) is 24.2. The second kappa shape index (κ2) is 22.7. The third kappa shape index (κ3) is 15.5. The second-order valence-electron chi connectivity index (χ2n) is 14.2. The van der Waals surface area contributed by atoms with E-state index in [1.54, 1.807) is 79.7 Å². The second-order valence-corrected chi connectivity index (χ2v) is 18.2.